The van der Waals surface area contributed by atoms with Crippen molar-refractivity contribution in [3.8, 4) is 11.1 Å². The molecule has 22 heavy (non-hydrogen) atoms. The highest BCUT2D eigenvalue weighted by atomic mass is 35.5. The molecule has 1 aromatic carbocycles. The summed E-state index contributed by atoms with van der Waals surface area (Å²) in [6.07, 6.45) is 1.84. The summed E-state index contributed by atoms with van der Waals surface area (Å²) >= 11 is 6.12. The second-order valence-corrected chi connectivity index (χ2v) is 5.23. The van der Waals surface area contributed by atoms with Gasteiger partial charge in [0.05, 0.1) is 10.6 Å². The van der Waals surface area contributed by atoms with Crippen molar-refractivity contribution in [3.05, 3.63) is 47.1 Å². The fourth-order valence-corrected chi connectivity index (χ4v) is 2.61. The summed E-state index contributed by atoms with van der Waals surface area (Å²) in [6, 6.07) is 9.34. The highest BCUT2D eigenvalue weighted by molar-refractivity contribution is 6.34. The predicted octanol–water partition coefficient (Wildman–Crippen LogP) is 3.28. The molecule has 5 nitrogen and oxygen atoms in total. The number of rotatable bonds is 3. The molecule has 0 atom stereocenters. The lowest BCUT2D eigenvalue weighted by atomic mass is 10.0. The molecule has 0 spiro atoms. The first kappa shape index (κ1) is 14.4. The number of halogens is 1. The molecule has 0 aliphatic rings. The minimum absolute atomic E-state index is 0.208. The van der Waals surface area contributed by atoms with Crippen LogP contribution in [0.25, 0.3) is 22.2 Å². The summed E-state index contributed by atoms with van der Waals surface area (Å²) in [5.74, 6) is 0.543. The summed E-state index contributed by atoms with van der Waals surface area (Å²) in [4.78, 5) is 19.5. The molecule has 0 bridgehead atoms. The average molecular weight is 315 g/mol. The van der Waals surface area contributed by atoms with Gasteiger partial charge in [-0.05, 0) is 35.4 Å². The van der Waals surface area contributed by atoms with Crippen molar-refractivity contribution >= 4 is 34.4 Å². The molecule has 0 aliphatic heterocycles. The van der Waals surface area contributed by atoms with E-state index in [0.29, 0.717) is 10.6 Å². The minimum Gasteiger partial charge on any atom is -0.373 e. The van der Waals surface area contributed by atoms with Crippen molar-refractivity contribution in [1.82, 2.24) is 15.3 Å². The van der Waals surface area contributed by atoms with E-state index in [1.807, 2.05) is 31.4 Å². The van der Waals surface area contributed by atoms with Crippen LogP contribution in [0.2, 0.25) is 5.02 Å². The summed E-state index contributed by atoms with van der Waals surface area (Å²) in [5, 5.41) is 7.06. The Morgan fingerprint density at radius 2 is 2.05 bits per heavy atom. The largest absolute Gasteiger partial charge is 0.373 e. The summed E-state index contributed by atoms with van der Waals surface area (Å²) < 4.78 is 0. The van der Waals surface area contributed by atoms with Gasteiger partial charge in [0.1, 0.15) is 11.5 Å². The Morgan fingerprint density at radius 3 is 2.77 bits per heavy atom. The Hall–Kier alpha value is -2.53. The fraction of sp³-hybridized carbons (Fsp3) is 0.125. The van der Waals surface area contributed by atoms with E-state index in [-0.39, 0.29) is 5.91 Å². The third-order valence-corrected chi connectivity index (χ3v) is 3.86. The van der Waals surface area contributed by atoms with E-state index in [2.05, 4.69) is 20.6 Å². The zero-order chi connectivity index (χ0) is 15.7. The van der Waals surface area contributed by atoms with Crippen molar-refractivity contribution in [2.45, 2.75) is 0 Å². The summed E-state index contributed by atoms with van der Waals surface area (Å²) in [6.45, 7) is 0. The number of carbonyl (C=O) groups excluding carboxylic acids is 1. The van der Waals surface area contributed by atoms with Gasteiger partial charge >= 0.3 is 0 Å². The van der Waals surface area contributed by atoms with Gasteiger partial charge in [0.2, 0.25) is 0 Å². The third-order valence-electron chi connectivity index (χ3n) is 3.53. The van der Waals surface area contributed by atoms with Gasteiger partial charge in [-0.2, -0.15) is 0 Å². The molecule has 0 aliphatic carbocycles. The number of nitrogens with one attached hydrogen (secondary N) is 3. The van der Waals surface area contributed by atoms with Crippen LogP contribution in [0.15, 0.2) is 36.5 Å². The van der Waals surface area contributed by atoms with Gasteiger partial charge in [0.25, 0.3) is 5.91 Å². The number of aromatic amines is 1. The molecule has 0 saturated carbocycles. The van der Waals surface area contributed by atoms with Crippen LogP contribution in [0.3, 0.4) is 0 Å². The molecule has 0 unspecified atom stereocenters. The van der Waals surface area contributed by atoms with E-state index >= 15 is 0 Å². The molecule has 1 amide bonds. The highest BCUT2D eigenvalue weighted by Crippen LogP contribution is 2.32. The summed E-state index contributed by atoms with van der Waals surface area (Å²) in [5.41, 5.74) is 3.13. The lowest BCUT2D eigenvalue weighted by molar-refractivity contribution is 0.0963. The molecule has 6 heteroatoms. The van der Waals surface area contributed by atoms with Gasteiger partial charge in [0.15, 0.2) is 0 Å². The maximum atomic E-state index is 11.9. The van der Waals surface area contributed by atoms with Crippen molar-refractivity contribution in [3.63, 3.8) is 0 Å². The van der Waals surface area contributed by atoms with Crippen molar-refractivity contribution in [2.24, 2.45) is 0 Å². The maximum Gasteiger partial charge on any atom is 0.252 e. The molecule has 0 saturated heterocycles. The fourth-order valence-electron chi connectivity index (χ4n) is 2.41. The van der Waals surface area contributed by atoms with E-state index in [1.165, 1.54) is 0 Å². The Morgan fingerprint density at radius 1 is 1.23 bits per heavy atom. The zero-order valence-electron chi connectivity index (χ0n) is 12.2. The number of aromatic nitrogens is 2. The maximum absolute atomic E-state index is 11.9. The molecule has 2 aromatic heterocycles. The topological polar surface area (TPSA) is 69.8 Å². The first-order valence-corrected chi connectivity index (χ1v) is 7.19. The quantitative estimate of drug-likeness (QED) is 0.695. The second-order valence-electron chi connectivity index (χ2n) is 4.82. The Kier molecular flexibility index (Phi) is 3.73. The number of H-pyrrole nitrogens is 1. The van der Waals surface area contributed by atoms with Crippen LogP contribution in [-0.2, 0) is 0 Å². The number of hydrogen-bond donors (Lipinski definition) is 3. The molecule has 2 heterocycles. The highest BCUT2D eigenvalue weighted by Gasteiger charge is 2.13. The van der Waals surface area contributed by atoms with Crippen molar-refractivity contribution in [1.29, 1.82) is 0 Å². The SMILES string of the molecule is CNC(=O)c1cc(-c2cc(NC)nc3[nH]ccc23)ccc1Cl. The first-order valence-electron chi connectivity index (χ1n) is 6.82. The van der Waals surface area contributed by atoms with Crippen molar-refractivity contribution in [2.75, 3.05) is 19.4 Å². The Bertz CT molecular complexity index is 856. The van der Waals surface area contributed by atoms with E-state index in [4.69, 9.17) is 11.6 Å². The number of pyridine rings is 1. The monoisotopic (exact) mass is 314 g/mol. The van der Waals surface area contributed by atoms with Gasteiger partial charge in [-0.25, -0.2) is 4.98 Å². The van der Waals surface area contributed by atoms with Gasteiger partial charge in [0, 0.05) is 25.7 Å². The third kappa shape index (κ3) is 2.40. The summed E-state index contributed by atoms with van der Waals surface area (Å²) in [7, 11) is 3.40. The number of fused-ring (bicyclic) bond motifs is 1. The number of benzene rings is 1. The van der Waals surface area contributed by atoms with E-state index in [0.717, 1.165) is 28.0 Å². The molecular formula is C16H15ClN4O. The van der Waals surface area contributed by atoms with Crippen LogP contribution in [0.4, 0.5) is 5.82 Å². The zero-order valence-corrected chi connectivity index (χ0v) is 13.0. The van der Waals surface area contributed by atoms with Crippen LogP contribution in [0.5, 0.6) is 0 Å². The lowest BCUT2D eigenvalue weighted by Gasteiger charge is -2.10. The molecular weight excluding hydrogens is 300 g/mol. The number of amides is 1. The first-order chi connectivity index (χ1) is 10.6. The molecule has 3 aromatic rings. The van der Waals surface area contributed by atoms with Gasteiger partial charge in [-0.15, -0.1) is 0 Å². The second kappa shape index (κ2) is 5.69. The Labute approximate surface area is 132 Å². The van der Waals surface area contributed by atoms with Crippen LogP contribution in [0, 0.1) is 0 Å². The van der Waals surface area contributed by atoms with E-state index in [9.17, 15) is 4.79 Å². The van der Waals surface area contributed by atoms with E-state index < -0.39 is 0 Å². The number of hydrogen-bond acceptors (Lipinski definition) is 3. The van der Waals surface area contributed by atoms with E-state index in [1.54, 1.807) is 19.2 Å². The van der Waals surface area contributed by atoms with Crippen LogP contribution in [-0.4, -0.2) is 30.0 Å². The van der Waals surface area contributed by atoms with Crippen LogP contribution >= 0.6 is 11.6 Å². The standard InChI is InChI=1S/C16H15ClN4O/c1-18-14-8-11(10-5-6-20-15(10)21-14)9-3-4-13(17)12(7-9)16(22)19-2/h3-8H,1-2H3,(H,19,22)(H2,18,20,21). The van der Waals surface area contributed by atoms with Gasteiger partial charge < -0.3 is 15.6 Å². The predicted molar refractivity (Wildman–Crippen MR) is 89.5 cm³/mol. The molecule has 112 valence electrons. The van der Waals surface area contributed by atoms with Crippen molar-refractivity contribution < 1.29 is 4.79 Å². The smallest absolute Gasteiger partial charge is 0.252 e. The molecule has 0 radical (unpaired) electrons. The number of carbonyl (C=O) groups is 1. The molecule has 3 rings (SSSR count). The minimum atomic E-state index is -0.208. The molecule has 0 fully saturated rings. The number of nitrogens with zero attached hydrogens (tertiary/aromatic N) is 1. The lowest BCUT2D eigenvalue weighted by Crippen LogP contribution is -2.18. The van der Waals surface area contributed by atoms with Crippen LogP contribution in [0.1, 0.15) is 10.4 Å². The Balaban J connectivity index is 2.23. The average Bonchev–Trinajstić information content (AvgIpc) is 3.02. The van der Waals surface area contributed by atoms with Gasteiger partial charge in [-0.3, -0.25) is 4.79 Å². The van der Waals surface area contributed by atoms with Crippen LogP contribution < -0.4 is 10.6 Å². The molecule has 3 N–H and O–H groups in total. The normalized spacial score (nSPS) is 10.7. The van der Waals surface area contributed by atoms with Gasteiger partial charge in [-0.1, -0.05) is 17.7 Å². The number of anilines is 1.